The minimum absolute atomic E-state index is 0.0441. The number of aromatic carboxylic acids is 1. The molecule has 1 aromatic heterocycles. The normalized spacial score (nSPS) is 11.4. The second-order valence-corrected chi connectivity index (χ2v) is 6.52. The highest BCUT2D eigenvalue weighted by Crippen LogP contribution is 2.21. The minimum atomic E-state index is -3.92. The number of benzene rings is 1. The Morgan fingerprint density at radius 3 is 2.50 bits per heavy atom. The van der Waals surface area contributed by atoms with Gasteiger partial charge in [0.05, 0.1) is 0 Å². The SMILES string of the molecule is O=C(O)c1sccc1S(=O)(=O)NCc1ccc(F)cc1. The molecule has 5 nitrogen and oxygen atoms in total. The van der Waals surface area contributed by atoms with Gasteiger partial charge in [0, 0.05) is 6.54 Å². The highest BCUT2D eigenvalue weighted by molar-refractivity contribution is 7.89. The van der Waals surface area contributed by atoms with E-state index in [4.69, 9.17) is 5.11 Å². The largest absolute Gasteiger partial charge is 0.477 e. The third-order valence-electron chi connectivity index (χ3n) is 2.49. The third-order valence-corrected chi connectivity index (χ3v) is 4.97. The molecule has 0 bridgehead atoms. The van der Waals surface area contributed by atoms with E-state index in [-0.39, 0.29) is 16.3 Å². The Morgan fingerprint density at radius 1 is 1.25 bits per heavy atom. The molecule has 8 heteroatoms. The van der Waals surface area contributed by atoms with Crippen molar-refractivity contribution in [2.24, 2.45) is 0 Å². The van der Waals surface area contributed by atoms with Gasteiger partial charge in [-0.2, -0.15) is 0 Å². The molecule has 20 heavy (non-hydrogen) atoms. The molecule has 1 heterocycles. The summed E-state index contributed by atoms with van der Waals surface area (Å²) in [4.78, 5) is 10.4. The van der Waals surface area contributed by atoms with Crippen molar-refractivity contribution in [2.45, 2.75) is 11.4 Å². The smallest absolute Gasteiger partial charge is 0.347 e. The topological polar surface area (TPSA) is 83.5 Å². The Balaban J connectivity index is 2.17. The van der Waals surface area contributed by atoms with E-state index in [9.17, 15) is 17.6 Å². The fraction of sp³-hybridized carbons (Fsp3) is 0.0833. The molecule has 2 N–H and O–H groups in total. The van der Waals surface area contributed by atoms with Crippen LogP contribution in [0.2, 0.25) is 0 Å². The molecule has 106 valence electrons. The van der Waals surface area contributed by atoms with Gasteiger partial charge in [-0.3, -0.25) is 0 Å². The molecule has 0 aliphatic carbocycles. The summed E-state index contributed by atoms with van der Waals surface area (Å²) >= 11 is 0.840. The number of nitrogens with one attached hydrogen (secondary N) is 1. The van der Waals surface area contributed by atoms with Gasteiger partial charge in [-0.05, 0) is 29.1 Å². The summed E-state index contributed by atoms with van der Waals surface area (Å²) in [7, 11) is -3.92. The molecule has 0 saturated carbocycles. The first kappa shape index (κ1) is 14.6. The number of sulfonamides is 1. The zero-order valence-corrected chi connectivity index (χ0v) is 11.7. The van der Waals surface area contributed by atoms with E-state index < -0.39 is 21.8 Å². The van der Waals surface area contributed by atoms with Crippen LogP contribution in [0.1, 0.15) is 15.2 Å². The first-order valence-electron chi connectivity index (χ1n) is 5.45. The molecule has 2 aromatic rings. The molecule has 0 aliphatic rings. The maximum atomic E-state index is 12.7. The molecule has 0 radical (unpaired) electrons. The Hall–Kier alpha value is -1.77. The number of hydrogen-bond donors (Lipinski definition) is 2. The number of carboxylic acids is 1. The number of rotatable bonds is 5. The van der Waals surface area contributed by atoms with Crippen molar-refractivity contribution >= 4 is 27.3 Å². The summed E-state index contributed by atoms with van der Waals surface area (Å²) in [5.74, 6) is -1.70. The van der Waals surface area contributed by atoms with E-state index in [1.165, 1.54) is 35.7 Å². The lowest BCUT2D eigenvalue weighted by atomic mass is 10.2. The number of thiophene rings is 1. The first-order chi connectivity index (χ1) is 9.40. The third kappa shape index (κ3) is 3.21. The second kappa shape index (κ2) is 5.70. The summed E-state index contributed by atoms with van der Waals surface area (Å²) in [6.07, 6.45) is 0. The van der Waals surface area contributed by atoms with Gasteiger partial charge in [-0.25, -0.2) is 22.3 Å². The molecule has 0 spiro atoms. The summed E-state index contributed by atoms with van der Waals surface area (Å²) in [5.41, 5.74) is 0.571. The average Bonchev–Trinajstić information content (AvgIpc) is 2.88. The van der Waals surface area contributed by atoms with Crippen LogP contribution in [0.25, 0.3) is 0 Å². The van der Waals surface area contributed by atoms with Crippen LogP contribution in [0.5, 0.6) is 0 Å². The van der Waals surface area contributed by atoms with Crippen molar-refractivity contribution in [1.29, 1.82) is 0 Å². The van der Waals surface area contributed by atoms with Gasteiger partial charge in [0.25, 0.3) is 0 Å². The average molecular weight is 315 g/mol. The van der Waals surface area contributed by atoms with E-state index in [1.54, 1.807) is 0 Å². The summed E-state index contributed by atoms with van der Waals surface area (Å²) < 4.78 is 39.0. The lowest BCUT2D eigenvalue weighted by Gasteiger charge is -2.06. The van der Waals surface area contributed by atoms with E-state index >= 15 is 0 Å². The molecule has 0 saturated heterocycles. The number of halogens is 1. The lowest BCUT2D eigenvalue weighted by Crippen LogP contribution is -2.24. The van der Waals surface area contributed by atoms with Crippen molar-refractivity contribution in [3.05, 3.63) is 52.0 Å². The van der Waals surface area contributed by atoms with Gasteiger partial charge in [0.15, 0.2) is 0 Å². The molecule has 2 rings (SSSR count). The molecular weight excluding hydrogens is 305 g/mol. The van der Waals surface area contributed by atoms with Crippen LogP contribution in [0.3, 0.4) is 0 Å². The van der Waals surface area contributed by atoms with Crippen LogP contribution < -0.4 is 4.72 Å². The van der Waals surface area contributed by atoms with Crippen molar-refractivity contribution in [1.82, 2.24) is 4.72 Å². The minimum Gasteiger partial charge on any atom is -0.477 e. The maximum absolute atomic E-state index is 12.7. The predicted octanol–water partition coefficient (Wildman–Crippen LogP) is 2.06. The first-order valence-corrected chi connectivity index (χ1v) is 7.81. The van der Waals surface area contributed by atoms with Gasteiger partial charge >= 0.3 is 5.97 Å². The Labute approximate surface area is 118 Å². The van der Waals surface area contributed by atoms with Gasteiger partial charge in [0.2, 0.25) is 10.0 Å². The van der Waals surface area contributed by atoms with Crippen molar-refractivity contribution < 1.29 is 22.7 Å². The second-order valence-electron chi connectivity index (χ2n) is 3.87. The van der Waals surface area contributed by atoms with Gasteiger partial charge in [0.1, 0.15) is 15.6 Å². The molecule has 0 unspecified atom stereocenters. The zero-order chi connectivity index (χ0) is 14.8. The lowest BCUT2D eigenvalue weighted by molar-refractivity contribution is 0.0698. The van der Waals surface area contributed by atoms with E-state index in [1.807, 2.05) is 0 Å². The Kier molecular flexibility index (Phi) is 4.17. The van der Waals surface area contributed by atoms with Crippen LogP contribution >= 0.6 is 11.3 Å². The summed E-state index contributed by atoms with van der Waals surface area (Å²) in [6, 6.07) is 6.57. The quantitative estimate of drug-likeness (QED) is 0.884. The highest BCUT2D eigenvalue weighted by Gasteiger charge is 2.23. The molecule has 0 aliphatic heterocycles. The van der Waals surface area contributed by atoms with Crippen molar-refractivity contribution in [2.75, 3.05) is 0 Å². The van der Waals surface area contributed by atoms with Crippen molar-refractivity contribution in [3.63, 3.8) is 0 Å². The Bertz CT molecular complexity index is 722. The molecular formula is C12H10FNO4S2. The Morgan fingerprint density at radius 2 is 1.90 bits per heavy atom. The van der Waals surface area contributed by atoms with Crippen LogP contribution in [0.15, 0.2) is 40.6 Å². The van der Waals surface area contributed by atoms with Crippen molar-refractivity contribution in [3.8, 4) is 0 Å². The zero-order valence-electron chi connectivity index (χ0n) is 10.0. The standard InChI is InChI=1S/C12H10FNO4S2/c13-9-3-1-8(2-4-9)7-14-20(17,18)10-5-6-19-11(10)12(15)16/h1-6,14H,7H2,(H,15,16). The molecule has 0 atom stereocenters. The van der Waals surface area contributed by atoms with Crippen LogP contribution in [0.4, 0.5) is 4.39 Å². The summed E-state index contributed by atoms with van der Waals surface area (Å²) in [6.45, 7) is -0.0441. The van der Waals surface area contributed by atoms with Gasteiger partial charge < -0.3 is 5.11 Å². The molecule has 1 aromatic carbocycles. The molecule has 0 amide bonds. The highest BCUT2D eigenvalue weighted by atomic mass is 32.2. The van der Waals surface area contributed by atoms with Gasteiger partial charge in [-0.15, -0.1) is 11.3 Å². The van der Waals surface area contributed by atoms with Crippen LogP contribution in [-0.2, 0) is 16.6 Å². The monoisotopic (exact) mass is 315 g/mol. The summed E-state index contributed by atoms with van der Waals surface area (Å²) in [5, 5.41) is 10.3. The number of hydrogen-bond acceptors (Lipinski definition) is 4. The fourth-order valence-electron chi connectivity index (χ4n) is 1.52. The van der Waals surface area contributed by atoms with Crippen LogP contribution in [-0.4, -0.2) is 19.5 Å². The predicted molar refractivity (Wildman–Crippen MR) is 71.7 cm³/mol. The maximum Gasteiger partial charge on any atom is 0.347 e. The number of carboxylic acid groups (broad SMARTS) is 1. The van der Waals surface area contributed by atoms with Crippen LogP contribution in [0, 0.1) is 5.82 Å². The van der Waals surface area contributed by atoms with E-state index in [2.05, 4.69) is 4.72 Å². The van der Waals surface area contributed by atoms with Gasteiger partial charge in [-0.1, -0.05) is 12.1 Å². The fourth-order valence-corrected chi connectivity index (χ4v) is 3.80. The number of carbonyl (C=O) groups is 1. The molecule has 0 fully saturated rings. The van der Waals surface area contributed by atoms with E-state index in [0.29, 0.717) is 5.56 Å². The van der Waals surface area contributed by atoms with E-state index in [0.717, 1.165) is 11.3 Å².